The van der Waals surface area contributed by atoms with Crippen molar-refractivity contribution in [3.63, 3.8) is 0 Å². The molecule has 3 aliphatic heterocycles. The zero-order valence-corrected chi connectivity index (χ0v) is 22.0. The van der Waals surface area contributed by atoms with E-state index < -0.39 is 110 Å². The normalized spacial score (nSPS) is 41.3. The van der Waals surface area contributed by atoms with Crippen LogP contribution in [0.5, 0.6) is 0 Å². The summed E-state index contributed by atoms with van der Waals surface area (Å²) in [5.41, 5.74) is 0. The Morgan fingerprint density at radius 1 is 1.15 bits per heavy atom. The molecule has 0 bridgehead atoms. The molecule has 16 heteroatoms. The molecule has 12 atom stereocenters. The van der Waals surface area contributed by atoms with Crippen molar-refractivity contribution in [2.45, 2.75) is 93.3 Å². The number of esters is 1. The maximum absolute atomic E-state index is 12.9. The van der Waals surface area contributed by atoms with Crippen LogP contribution in [0.1, 0.15) is 26.7 Å². The van der Waals surface area contributed by atoms with Crippen LogP contribution in [-0.2, 0) is 47.5 Å². The standard InChI is InChI=1S/C23H37NO15/c1-10-12(28)5-22(38-19(10)17(30)14(7-25)33-3)21(32)35-8-15(37-22)18(31)20-16(24-11(2)27)13(29)6-23(34-4,39-20)36-9-26/h9-10,12-20,25,28-31H,5-8H2,1-4H3,(H,24,27)/t10-,12-,13?,14-,15+,16?,17-,18?,19?,20-,22-,23?/m1/s1. The van der Waals surface area contributed by atoms with Crippen LogP contribution in [-0.4, -0.2) is 138 Å². The number of hydrogen-bond donors (Lipinski definition) is 6. The highest BCUT2D eigenvalue weighted by Crippen LogP contribution is 2.41. The third-order valence-corrected chi connectivity index (χ3v) is 7.33. The molecule has 0 aromatic rings. The zero-order valence-electron chi connectivity index (χ0n) is 22.0. The SMILES string of the molecule is CO[C@H](CO)[C@@H](O)C1O[C@@]2(C[C@@H](O)[C@H]1C)O[C@H](C(O)[C@@H]1OC(OC)(OC=O)CC(O)C1NC(C)=O)COC2=O. The number of hydrogen-bond acceptors (Lipinski definition) is 15. The first kappa shape index (κ1) is 31.5. The molecular formula is C23H37NO15. The van der Waals surface area contributed by atoms with E-state index in [-0.39, 0.29) is 6.47 Å². The number of nitrogens with one attached hydrogen (secondary N) is 1. The minimum atomic E-state index is -2.29. The first-order valence-electron chi connectivity index (χ1n) is 12.4. The first-order chi connectivity index (χ1) is 18.4. The van der Waals surface area contributed by atoms with Crippen LogP contribution in [0.2, 0.25) is 0 Å². The van der Waals surface area contributed by atoms with E-state index in [4.69, 9.17) is 33.2 Å². The lowest BCUT2D eigenvalue weighted by atomic mass is 9.84. The van der Waals surface area contributed by atoms with Crippen molar-refractivity contribution in [3.05, 3.63) is 0 Å². The van der Waals surface area contributed by atoms with E-state index in [0.717, 1.165) is 7.11 Å². The largest absolute Gasteiger partial charge is 0.459 e. The second kappa shape index (κ2) is 12.7. The number of aliphatic hydroxyl groups is 5. The van der Waals surface area contributed by atoms with Crippen molar-refractivity contribution in [1.82, 2.24) is 5.32 Å². The molecule has 39 heavy (non-hydrogen) atoms. The third-order valence-electron chi connectivity index (χ3n) is 7.33. The van der Waals surface area contributed by atoms with Crippen molar-refractivity contribution in [1.29, 1.82) is 0 Å². The van der Waals surface area contributed by atoms with Crippen LogP contribution in [0.25, 0.3) is 0 Å². The van der Waals surface area contributed by atoms with Gasteiger partial charge in [0, 0.05) is 33.5 Å². The van der Waals surface area contributed by atoms with Crippen LogP contribution in [0.4, 0.5) is 0 Å². The van der Waals surface area contributed by atoms with Gasteiger partial charge in [-0.3, -0.25) is 9.59 Å². The molecule has 224 valence electrons. The second-order valence-electron chi connectivity index (χ2n) is 9.84. The lowest BCUT2D eigenvalue weighted by Crippen LogP contribution is -2.69. The average molecular weight is 568 g/mol. The predicted molar refractivity (Wildman–Crippen MR) is 123 cm³/mol. The third kappa shape index (κ3) is 6.35. The van der Waals surface area contributed by atoms with Crippen molar-refractivity contribution < 1.29 is 73.1 Å². The first-order valence-corrected chi connectivity index (χ1v) is 12.4. The van der Waals surface area contributed by atoms with Gasteiger partial charge in [-0.2, -0.15) is 0 Å². The number of methoxy groups -OCH3 is 2. The van der Waals surface area contributed by atoms with E-state index in [0.29, 0.717) is 0 Å². The number of aliphatic hydroxyl groups excluding tert-OH is 5. The molecule has 6 N–H and O–H groups in total. The summed E-state index contributed by atoms with van der Waals surface area (Å²) in [6.45, 7) is 1.64. The van der Waals surface area contributed by atoms with Gasteiger partial charge >= 0.3 is 11.9 Å². The zero-order chi connectivity index (χ0) is 29.1. The number of carbonyl (C=O) groups is 3. The van der Waals surface area contributed by atoms with Gasteiger partial charge in [-0.05, 0) is 0 Å². The molecule has 0 aromatic carbocycles. The summed E-state index contributed by atoms with van der Waals surface area (Å²) in [5, 5.41) is 55.6. The molecule has 1 spiro atoms. The lowest BCUT2D eigenvalue weighted by Gasteiger charge is -2.51. The Balaban J connectivity index is 1.91. The Labute approximate surface area is 224 Å². The molecule has 0 saturated carbocycles. The highest BCUT2D eigenvalue weighted by atomic mass is 16.9. The molecular weight excluding hydrogens is 530 g/mol. The van der Waals surface area contributed by atoms with E-state index in [2.05, 4.69) is 5.32 Å². The van der Waals surface area contributed by atoms with Crippen LogP contribution < -0.4 is 5.32 Å². The maximum Gasteiger partial charge on any atom is 0.367 e. The van der Waals surface area contributed by atoms with Gasteiger partial charge in [0.1, 0.15) is 37.1 Å². The van der Waals surface area contributed by atoms with E-state index in [1.807, 2.05) is 0 Å². The summed E-state index contributed by atoms with van der Waals surface area (Å²) < 4.78 is 37.8. The van der Waals surface area contributed by atoms with E-state index in [9.17, 15) is 39.9 Å². The Morgan fingerprint density at radius 2 is 1.85 bits per heavy atom. The summed E-state index contributed by atoms with van der Waals surface area (Å²) >= 11 is 0. The molecule has 3 rings (SSSR count). The fourth-order valence-corrected chi connectivity index (χ4v) is 5.11. The fraction of sp³-hybridized carbons (Fsp3) is 0.870. The highest BCUT2D eigenvalue weighted by molar-refractivity contribution is 5.79. The Hall–Kier alpha value is -1.99. The van der Waals surface area contributed by atoms with Gasteiger partial charge in [-0.1, -0.05) is 6.92 Å². The smallest absolute Gasteiger partial charge is 0.367 e. The average Bonchev–Trinajstić information content (AvgIpc) is 2.89. The van der Waals surface area contributed by atoms with Crippen molar-refractivity contribution in [2.75, 3.05) is 27.4 Å². The molecule has 0 radical (unpaired) electrons. The molecule has 1 amide bonds. The van der Waals surface area contributed by atoms with Crippen molar-refractivity contribution in [3.8, 4) is 0 Å². The number of carbonyl (C=O) groups excluding carboxylic acids is 3. The second-order valence-corrected chi connectivity index (χ2v) is 9.84. The minimum absolute atomic E-state index is 0.0236. The Bertz CT molecular complexity index is 872. The van der Waals surface area contributed by atoms with Gasteiger partial charge < -0.3 is 64.0 Å². The van der Waals surface area contributed by atoms with Crippen LogP contribution >= 0.6 is 0 Å². The van der Waals surface area contributed by atoms with E-state index in [1.165, 1.54) is 14.0 Å². The molecule has 0 aromatic heterocycles. The monoisotopic (exact) mass is 567 g/mol. The summed E-state index contributed by atoms with van der Waals surface area (Å²) in [4.78, 5) is 35.8. The molecule has 0 aliphatic carbocycles. The minimum Gasteiger partial charge on any atom is -0.459 e. The number of cyclic esters (lactones) is 1. The molecule has 3 fully saturated rings. The summed E-state index contributed by atoms with van der Waals surface area (Å²) in [7, 11) is 2.38. The van der Waals surface area contributed by atoms with Gasteiger partial charge in [0.25, 0.3) is 12.3 Å². The molecule has 3 saturated heterocycles. The summed E-state index contributed by atoms with van der Waals surface area (Å²) in [5.74, 6) is -6.75. The Kier molecular flexibility index (Phi) is 10.2. The van der Waals surface area contributed by atoms with E-state index >= 15 is 0 Å². The van der Waals surface area contributed by atoms with Gasteiger partial charge in [0.2, 0.25) is 5.91 Å². The fourth-order valence-electron chi connectivity index (χ4n) is 5.11. The van der Waals surface area contributed by atoms with Crippen molar-refractivity contribution in [2.24, 2.45) is 5.92 Å². The quantitative estimate of drug-likeness (QED) is 0.0847. The molecule has 3 aliphatic rings. The topological polar surface area (TPSA) is 229 Å². The van der Waals surface area contributed by atoms with Crippen LogP contribution in [0.3, 0.4) is 0 Å². The predicted octanol–water partition coefficient (Wildman–Crippen LogP) is -3.73. The maximum atomic E-state index is 12.9. The van der Waals surface area contributed by atoms with Crippen molar-refractivity contribution >= 4 is 18.3 Å². The number of amides is 1. The van der Waals surface area contributed by atoms with Gasteiger partial charge in [-0.15, -0.1) is 0 Å². The van der Waals surface area contributed by atoms with Gasteiger partial charge in [0.15, 0.2) is 0 Å². The number of rotatable bonds is 10. The highest BCUT2D eigenvalue weighted by Gasteiger charge is 2.60. The van der Waals surface area contributed by atoms with Gasteiger partial charge in [-0.25, -0.2) is 4.79 Å². The van der Waals surface area contributed by atoms with Crippen LogP contribution in [0.15, 0.2) is 0 Å². The lowest BCUT2D eigenvalue weighted by molar-refractivity contribution is -0.408. The number of ether oxygens (including phenoxy) is 7. The molecule has 3 heterocycles. The molecule has 16 nitrogen and oxygen atoms in total. The summed E-state index contributed by atoms with van der Waals surface area (Å²) in [6.07, 6.45) is -12.1. The van der Waals surface area contributed by atoms with E-state index in [1.54, 1.807) is 6.92 Å². The Morgan fingerprint density at radius 3 is 2.41 bits per heavy atom. The van der Waals surface area contributed by atoms with Gasteiger partial charge in [0.05, 0.1) is 37.4 Å². The molecule has 5 unspecified atom stereocenters. The summed E-state index contributed by atoms with van der Waals surface area (Å²) in [6, 6.07) is -1.24. The van der Waals surface area contributed by atoms with Crippen LogP contribution in [0, 0.1) is 5.92 Å².